The number of carbonyl (C=O) groups excluding carboxylic acids is 1. The normalized spacial score (nSPS) is 15.3. The van der Waals surface area contributed by atoms with E-state index in [4.69, 9.17) is 4.98 Å². The van der Waals surface area contributed by atoms with E-state index in [-0.39, 0.29) is 28.0 Å². The molecule has 3 heterocycles. The summed E-state index contributed by atoms with van der Waals surface area (Å²) < 4.78 is 1.78. The number of hydrogen-bond donors (Lipinski definition) is 1. The quantitative estimate of drug-likeness (QED) is 0.194. The number of rotatable bonds is 8. The molecule has 5 rings (SSSR count). The molecule has 0 unspecified atom stereocenters. The Morgan fingerprint density at radius 3 is 2.63 bits per heavy atom. The van der Waals surface area contributed by atoms with Gasteiger partial charge in [0, 0.05) is 21.4 Å². The van der Waals surface area contributed by atoms with Crippen LogP contribution in [-0.4, -0.2) is 32.0 Å². The van der Waals surface area contributed by atoms with E-state index < -0.39 is 0 Å². The smallest absolute Gasteiger partial charge is 0.267 e. The van der Waals surface area contributed by atoms with Crippen molar-refractivity contribution in [3.8, 4) is 5.69 Å². The zero-order chi connectivity index (χ0) is 26.9. The maximum absolute atomic E-state index is 14.0. The van der Waals surface area contributed by atoms with Crippen LogP contribution in [0.25, 0.3) is 15.9 Å². The molecule has 1 aliphatic rings. The van der Waals surface area contributed by atoms with Crippen molar-refractivity contribution in [2.24, 2.45) is 0 Å². The van der Waals surface area contributed by atoms with Crippen molar-refractivity contribution in [1.29, 1.82) is 0 Å². The molecular weight excluding hydrogens is 531 g/mol. The Hall–Kier alpha value is -2.55. The first-order valence-corrected chi connectivity index (χ1v) is 15.7. The Labute approximate surface area is 236 Å². The molecule has 0 spiro atoms. The summed E-state index contributed by atoms with van der Waals surface area (Å²) in [4.78, 5) is 33.9. The summed E-state index contributed by atoms with van der Waals surface area (Å²) in [7, 11) is 0. The Balaban J connectivity index is 1.40. The lowest BCUT2D eigenvalue weighted by molar-refractivity contribution is -0.119. The predicted molar refractivity (Wildman–Crippen MR) is 162 cm³/mol. The zero-order valence-electron chi connectivity index (χ0n) is 22.2. The van der Waals surface area contributed by atoms with Gasteiger partial charge in [-0.2, -0.15) is 0 Å². The summed E-state index contributed by atoms with van der Waals surface area (Å²) in [5, 5.41) is 4.41. The van der Waals surface area contributed by atoms with Gasteiger partial charge in [0.05, 0.1) is 16.8 Å². The van der Waals surface area contributed by atoms with E-state index in [2.05, 4.69) is 31.3 Å². The van der Waals surface area contributed by atoms with Gasteiger partial charge in [-0.15, -0.1) is 23.1 Å². The van der Waals surface area contributed by atoms with Crippen LogP contribution in [0.1, 0.15) is 48.8 Å². The number of benzene rings is 2. The van der Waals surface area contributed by atoms with Crippen LogP contribution in [-0.2, 0) is 23.4 Å². The summed E-state index contributed by atoms with van der Waals surface area (Å²) in [5.74, 6) is 1.05. The standard InChI is InChI=1S/C30H33N3O2S3/c1-19-10-14-22(15-11-19)33-28(35)26-23-16-30(3,4)37-17-24(23)38-27(26)32-29(33)36-18-25(34)31-20(2)12-13-21-8-6-5-7-9-21/h5-11,14-15,20H,12-13,16-18H2,1-4H3,(H,31,34)/t20-/m0/s1. The molecule has 0 saturated heterocycles. The second-order valence-corrected chi connectivity index (χ2v) is 14.3. The molecule has 2 aromatic carbocycles. The first kappa shape index (κ1) is 27.0. The lowest BCUT2D eigenvalue weighted by atomic mass is 10.00. The highest BCUT2D eigenvalue weighted by atomic mass is 32.2. The molecule has 0 radical (unpaired) electrons. The van der Waals surface area contributed by atoms with Crippen LogP contribution < -0.4 is 10.9 Å². The fourth-order valence-electron chi connectivity index (χ4n) is 4.74. The minimum absolute atomic E-state index is 0.0433. The first-order chi connectivity index (χ1) is 18.2. The van der Waals surface area contributed by atoms with E-state index in [0.717, 1.165) is 52.0 Å². The van der Waals surface area contributed by atoms with Crippen molar-refractivity contribution in [1.82, 2.24) is 14.9 Å². The summed E-state index contributed by atoms with van der Waals surface area (Å²) in [5.41, 5.74) is 4.27. The maximum Gasteiger partial charge on any atom is 0.267 e. The largest absolute Gasteiger partial charge is 0.353 e. The predicted octanol–water partition coefficient (Wildman–Crippen LogP) is 6.55. The Bertz CT molecular complexity index is 1510. The number of carbonyl (C=O) groups is 1. The van der Waals surface area contributed by atoms with Gasteiger partial charge in [0.15, 0.2) is 5.16 Å². The summed E-state index contributed by atoms with van der Waals surface area (Å²) in [6.07, 6.45) is 2.64. The van der Waals surface area contributed by atoms with Gasteiger partial charge in [0.2, 0.25) is 5.91 Å². The average molecular weight is 564 g/mol. The molecule has 0 bridgehead atoms. The van der Waals surface area contributed by atoms with Crippen molar-refractivity contribution in [2.75, 3.05) is 5.75 Å². The van der Waals surface area contributed by atoms with Crippen LogP contribution in [0.2, 0.25) is 0 Å². The third-order valence-corrected chi connectivity index (χ3v) is 10.4. The molecule has 4 aromatic rings. The second-order valence-electron chi connectivity index (χ2n) is 10.6. The van der Waals surface area contributed by atoms with Gasteiger partial charge in [0.25, 0.3) is 5.56 Å². The second kappa shape index (κ2) is 11.3. The highest BCUT2D eigenvalue weighted by Gasteiger charge is 2.31. The van der Waals surface area contributed by atoms with E-state index in [1.165, 1.54) is 22.2 Å². The van der Waals surface area contributed by atoms with E-state index in [0.29, 0.717) is 5.16 Å². The number of aryl methyl sites for hydroxylation is 2. The Morgan fingerprint density at radius 2 is 1.89 bits per heavy atom. The molecule has 0 aliphatic carbocycles. The van der Waals surface area contributed by atoms with Crippen molar-refractivity contribution < 1.29 is 4.79 Å². The zero-order valence-corrected chi connectivity index (χ0v) is 24.7. The molecular formula is C30H33N3O2S3. The van der Waals surface area contributed by atoms with Crippen LogP contribution in [0, 0.1) is 6.92 Å². The van der Waals surface area contributed by atoms with Gasteiger partial charge in [-0.05, 0) is 56.4 Å². The van der Waals surface area contributed by atoms with Gasteiger partial charge in [-0.3, -0.25) is 14.2 Å². The van der Waals surface area contributed by atoms with Crippen LogP contribution in [0.15, 0.2) is 64.5 Å². The van der Waals surface area contributed by atoms with Crippen LogP contribution in [0.4, 0.5) is 0 Å². The van der Waals surface area contributed by atoms with Gasteiger partial charge < -0.3 is 5.32 Å². The number of nitrogens with one attached hydrogen (secondary N) is 1. The number of amides is 1. The monoisotopic (exact) mass is 563 g/mol. The SMILES string of the molecule is Cc1ccc(-n2c(SCC(=O)N[C@@H](C)CCc3ccccc3)nc3sc4c(c3c2=O)CC(C)(C)SC4)cc1. The fourth-order valence-corrected chi connectivity index (χ4v) is 7.94. The molecule has 1 N–H and O–H groups in total. The lowest BCUT2D eigenvalue weighted by Crippen LogP contribution is -2.34. The molecule has 38 heavy (non-hydrogen) atoms. The molecule has 1 atom stereocenters. The fraction of sp³-hybridized carbons (Fsp3) is 0.367. The molecule has 1 amide bonds. The van der Waals surface area contributed by atoms with Crippen LogP contribution in [0.3, 0.4) is 0 Å². The lowest BCUT2D eigenvalue weighted by Gasteiger charge is -2.28. The molecule has 0 saturated carbocycles. The molecule has 2 aromatic heterocycles. The van der Waals surface area contributed by atoms with E-state index in [1.807, 2.05) is 68.1 Å². The molecule has 5 nitrogen and oxygen atoms in total. The number of thiophene rings is 1. The van der Waals surface area contributed by atoms with Crippen molar-refractivity contribution in [3.63, 3.8) is 0 Å². The third kappa shape index (κ3) is 6.03. The van der Waals surface area contributed by atoms with Crippen molar-refractivity contribution in [3.05, 3.63) is 86.5 Å². The van der Waals surface area contributed by atoms with Gasteiger partial charge >= 0.3 is 0 Å². The highest BCUT2D eigenvalue weighted by Crippen LogP contribution is 2.44. The number of aromatic nitrogens is 2. The van der Waals surface area contributed by atoms with E-state index in [1.54, 1.807) is 15.9 Å². The van der Waals surface area contributed by atoms with Crippen molar-refractivity contribution in [2.45, 2.75) is 68.7 Å². The van der Waals surface area contributed by atoms with Gasteiger partial charge in [-0.1, -0.05) is 73.6 Å². The first-order valence-electron chi connectivity index (χ1n) is 12.9. The minimum Gasteiger partial charge on any atom is -0.353 e. The minimum atomic E-state index is -0.0519. The number of fused-ring (bicyclic) bond motifs is 3. The third-order valence-electron chi connectivity index (χ3n) is 6.81. The van der Waals surface area contributed by atoms with E-state index in [9.17, 15) is 9.59 Å². The number of nitrogens with zero attached hydrogens (tertiary/aromatic N) is 2. The number of thioether (sulfide) groups is 2. The van der Waals surface area contributed by atoms with E-state index >= 15 is 0 Å². The summed E-state index contributed by atoms with van der Waals surface area (Å²) in [6, 6.07) is 18.3. The molecule has 8 heteroatoms. The molecule has 0 fully saturated rings. The van der Waals surface area contributed by atoms with Gasteiger partial charge in [-0.25, -0.2) is 4.98 Å². The number of hydrogen-bond acceptors (Lipinski definition) is 6. The average Bonchev–Trinajstić information content (AvgIpc) is 3.24. The van der Waals surface area contributed by atoms with Crippen LogP contribution in [0.5, 0.6) is 0 Å². The van der Waals surface area contributed by atoms with Crippen molar-refractivity contribution >= 4 is 51.0 Å². The Kier molecular flexibility index (Phi) is 8.03. The van der Waals surface area contributed by atoms with Crippen LogP contribution >= 0.6 is 34.9 Å². The summed E-state index contributed by atoms with van der Waals surface area (Å²) >= 11 is 4.88. The van der Waals surface area contributed by atoms with Gasteiger partial charge in [0.1, 0.15) is 4.83 Å². The molecule has 1 aliphatic heterocycles. The maximum atomic E-state index is 14.0. The summed E-state index contributed by atoms with van der Waals surface area (Å²) in [6.45, 7) is 8.54. The topological polar surface area (TPSA) is 64.0 Å². The Morgan fingerprint density at radius 1 is 1.16 bits per heavy atom. The highest BCUT2D eigenvalue weighted by molar-refractivity contribution is 8.00. The molecule has 198 valence electrons.